The molecule has 1 aromatic carbocycles. The topological polar surface area (TPSA) is 56.8 Å². The van der Waals surface area contributed by atoms with Crippen LogP contribution >= 0.6 is 11.6 Å². The van der Waals surface area contributed by atoms with E-state index in [0.29, 0.717) is 31.7 Å². The maximum atomic E-state index is 13.3. The predicted molar refractivity (Wildman–Crippen MR) is 114 cm³/mol. The highest BCUT2D eigenvalue weighted by atomic mass is 35.5. The fourth-order valence-electron chi connectivity index (χ4n) is 4.04. The van der Waals surface area contributed by atoms with Gasteiger partial charge in [0.1, 0.15) is 11.6 Å². The van der Waals surface area contributed by atoms with Crippen molar-refractivity contribution in [3.8, 4) is 0 Å². The Morgan fingerprint density at radius 3 is 2.13 bits per heavy atom. The summed E-state index contributed by atoms with van der Waals surface area (Å²) in [5.41, 5.74) is 0.887. The maximum absolute atomic E-state index is 13.3. The number of rotatable bonds is 3. The minimum absolute atomic E-state index is 0.0596. The molecule has 8 heteroatoms. The average Bonchev–Trinajstić information content (AvgIpc) is 2.79. The van der Waals surface area contributed by atoms with Crippen LogP contribution in [0.3, 0.4) is 0 Å². The quantitative estimate of drug-likeness (QED) is 0.748. The van der Waals surface area contributed by atoms with Gasteiger partial charge in [0.15, 0.2) is 0 Å². The van der Waals surface area contributed by atoms with Crippen LogP contribution in [0.2, 0.25) is 5.02 Å². The van der Waals surface area contributed by atoms with Gasteiger partial charge in [0.25, 0.3) is 11.8 Å². The van der Waals surface area contributed by atoms with E-state index < -0.39 is 5.82 Å². The first kappa shape index (κ1) is 20.6. The van der Waals surface area contributed by atoms with E-state index in [1.54, 1.807) is 22.1 Å². The first-order valence-electron chi connectivity index (χ1n) is 10.3. The second-order valence-corrected chi connectivity index (χ2v) is 8.04. The molecular formula is C22H24ClFN4O2. The molecule has 30 heavy (non-hydrogen) atoms. The molecule has 4 rings (SSSR count). The zero-order valence-corrected chi connectivity index (χ0v) is 17.4. The fraction of sp³-hybridized carbons (Fsp3) is 0.409. The molecular weight excluding hydrogens is 407 g/mol. The molecule has 0 radical (unpaired) electrons. The first-order chi connectivity index (χ1) is 14.5. The number of piperazine rings is 1. The maximum Gasteiger partial charge on any atom is 0.257 e. The summed E-state index contributed by atoms with van der Waals surface area (Å²) in [6, 6.07) is 7.38. The van der Waals surface area contributed by atoms with E-state index >= 15 is 0 Å². The van der Waals surface area contributed by atoms with Gasteiger partial charge in [0, 0.05) is 45.5 Å². The molecule has 0 N–H and O–H groups in total. The standard InChI is InChI=1S/C22H24ClFN4O2/c23-19-15-16(24)6-7-17(19)21(29)27-11-13-28(14-12-27)22(30)18-5-4-8-25-20(18)26-9-2-1-3-10-26/h4-8,15H,1-3,9-14H2. The molecule has 0 spiro atoms. The fourth-order valence-corrected chi connectivity index (χ4v) is 4.29. The number of aromatic nitrogens is 1. The predicted octanol–water partition coefficient (Wildman–Crippen LogP) is 3.46. The lowest BCUT2D eigenvalue weighted by molar-refractivity contribution is 0.0535. The lowest BCUT2D eigenvalue weighted by Crippen LogP contribution is -2.51. The minimum atomic E-state index is -0.479. The van der Waals surface area contributed by atoms with E-state index in [-0.39, 0.29) is 22.4 Å². The molecule has 0 atom stereocenters. The Labute approximate surface area is 180 Å². The van der Waals surface area contributed by atoms with E-state index in [1.165, 1.54) is 18.6 Å². The largest absolute Gasteiger partial charge is 0.356 e. The van der Waals surface area contributed by atoms with Gasteiger partial charge < -0.3 is 14.7 Å². The highest BCUT2D eigenvalue weighted by molar-refractivity contribution is 6.33. The molecule has 0 aliphatic carbocycles. The van der Waals surface area contributed by atoms with Gasteiger partial charge in [-0.3, -0.25) is 9.59 Å². The van der Waals surface area contributed by atoms with Gasteiger partial charge in [0.05, 0.1) is 16.1 Å². The Morgan fingerprint density at radius 2 is 1.50 bits per heavy atom. The van der Waals surface area contributed by atoms with Crippen molar-refractivity contribution in [2.45, 2.75) is 19.3 Å². The molecule has 0 unspecified atom stereocenters. The molecule has 2 saturated heterocycles. The van der Waals surface area contributed by atoms with Crippen molar-refractivity contribution in [3.63, 3.8) is 0 Å². The molecule has 1 aromatic heterocycles. The van der Waals surface area contributed by atoms with Crippen LogP contribution < -0.4 is 4.90 Å². The Balaban J connectivity index is 1.43. The summed E-state index contributed by atoms with van der Waals surface area (Å²) < 4.78 is 13.3. The number of amides is 2. The molecule has 158 valence electrons. The molecule has 2 aliphatic rings. The van der Waals surface area contributed by atoms with E-state index in [1.807, 2.05) is 6.07 Å². The van der Waals surface area contributed by atoms with Crippen molar-refractivity contribution in [3.05, 3.63) is 58.5 Å². The highest BCUT2D eigenvalue weighted by Gasteiger charge is 2.29. The molecule has 2 aliphatic heterocycles. The van der Waals surface area contributed by atoms with Gasteiger partial charge >= 0.3 is 0 Å². The van der Waals surface area contributed by atoms with Crippen molar-refractivity contribution in [2.75, 3.05) is 44.2 Å². The summed E-state index contributed by atoms with van der Waals surface area (Å²) in [5, 5.41) is 0.0973. The van der Waals surface area contributed by atoms with Crippen LogP contribution in [-0.4, -0.2) is 65.9 Å². The molecule has 3 heterocycles. The number of hydrogen-bond acceptors (Lipinski definition) is 4. The van der Waals surface area contributed by atoms with Crippen LogP contribution in [0.15, 0.2) is 36.5 Å². The summed E-state index contributed by atoms with van der Waals surface area (Å²) in [6.07, 6.45) is 5.15. The van der Waals surface area contributed by atoms with Crippen molar-refractivity contribution in [1.29, 1.82) is 0 Å². The Morgan fingerprint density at radius 1 is 0.867 bits per heavy atom. The van der Waals surface area contributed by atoms with Gasteiger partial charge in [-0.1, -0.05) is 11.6 Å². The van der Waals surface area contributed by atoms with Gasteiger partial charge in [-0.15, -0.1) is 0 Å². The lowest BCUT2D eigenvalue weighted by atomic mass is 10.1. The molecule has 6 nitrogen and oxygen atoms in total. The number of halogens is 2. The van der Waals surface area contributed by atoms with E-state index in [0.717, 1.165) is 37.8 Å². The normalized spacial score (nSPS) is 17.2. The molecule has 0 saturated carbocycles. The minimum Gasteiger partial charge on any atom is -0.356 e. The first-order valence-corrected chi connectivity index (χ1v) is 10.7. The van der Waals surface area contributed by atoms with Crippen molar-refractivity contribution < 1.29 is 14.0 Å². The smallest absolute Gasteiger partial charge is 0.257 e. The van der Waals surface area contributed by atoms with E-state index in [9.17, 15) is 14.0 Å². The number of carbonyl (C=O) groups excluding carboxylic acids is 2. The second-order valence-electron chi connectivity index (χ2n) is 7.63. The summed E-state index contributed by atoms with van der Waals surface area (Å²) in [4.78, 5) is 36.0. The number of carbonyl (C=O) groups is 2. The third kappa shape index (κ3) is 4.26. The van der Waals surface area contributed by atoms with Crippen LogP contribution in [0.5, 0.6) is 0 Å². The summed E-state index contributed by atoms with van der Waals surface area (Å²) >= 11 is 6.03. The average molecular weight is 431 g/mol. The number of piperidine rings is 1. The zero-order valence-electron chi connectivity index (χ0n) is 16.7. The van der Waals surface area contributed by atoms with Crippen LogP contribution in [0.25, 0.3) is 0 Å². The summed E-state index contributed by atoms with van der Waals surface area (Å²) in [5.74, 6) is -0.0372. The number of anilines is 1. The van der Waals surface area contributed by atoms with E-state index in [4.69, 9.17) is 11.6 Å². The lowest BCUT2D eigenvalue weighted by Gasteiger charge is -2.36. The number of nitrogens with zero attached hydrogens (tertiary/aromatic N) is 4. The number of hydrogen-bond donors (Lipinski definition) is 0. The van der Waals surface area contributed by atoms with Crippen LogP contribution in [0, 0.1) is 5.82 Å². The zero-order chi connectivity index (χ0) is 21.1. The van der Waals surface area contributed by atoms with Gasteiger partial charge in [-0.05, 0) is 49.6 Å². The molecule has 2 amide bonds. The third-order valence-electron chi connectivity index (χ3n) is 5.69. The van der Waals surface area contributed by atoms with Gasteiger partial charge in [-0.25, -0.2) is 9.37 Å². The Bertz CT molecular complexity index is 940. The number of pyridine rings is 1. The van der Waals surface area contributed by atoms with Crippen molar-refractivity contribution in [1.82, 2.24) is 14.8 Å². The SMILES string of the molecule is O=C(c1ccc(F)cc1Cl)N1CCN(C(=O)c2cccnc2N2CCCCC2)CC1. The van der Waals surface area contributed by atoms with Gasteiger partial charge in [-0.2, -0.15) is 0 Å². The summed E-state index contributed by atoms with van der Waals surface area (Å²) in [7, 11) is 0. The second kappa shape index (κ2) is 9.00. The van der Waals surface area contributed by atoms with Crippen molar-refractivity contribution in [2.24, 2.45) is 0 Å². The highest BCUT2D eigenvalue weighted by Crippen LogP contribution is 2.24. The molecule has 2 aromatic rings. The summed E-state index contributed by atoms with van der Waals surface area (Å²) in [6.45, 7) is 3.49. The molecule has 0 bridgehead atoms. The monoisotopic (exact) mass is 430 g/mol. The van der Waals surface area contributed by atoms with E-state index in [2.05, 4.69) is 9.88 Å². The van der Waals surface area contributed by atoms with Crippen LogP contribution in [0.1, 0.15) is 40.0 Å². The Kier molecular flexibility index (Phi) is 6.18. The molecule has 2 fully saturated rings. The number of benzene rings is 1. The van der Waals surface area contributed by atoms with Gasteiger partial charge in [0.2, 0.25) is 0 Å². The van der Waals surface area contributed by atoms with Crippen LogP contribution in [-0.2, 0) is 0 Å². The third-order valence-corrected chi connectivity index (χ3v) is 6.00. The Hall–Kier alpha value is -2.67. The van der Waals surface area contributed by atoms with Crippen LogP contribution in [0.4, 0.5) is 10.2 Å². The van der Waals surface area contributed by atoms with Crippen molar-refractivity contribution >= 4 is 29.2 Å².